The second-order valence-electron chi connectivity index (χ2n) is 4.06. The van der Waals surface area contributed by atoms with Gasteiger partial charge >= 0.3 is 0 Å². The normalized spacial score (nSPS) is 18.7. The van der Waals surface area contributed by atoms with Gasteiger partial charge in [-0.3, -0.25) is 4.79 Å². The molecule has 6 nitrogen and oxygen atoms in total. The number of sulfone groups is 1. The fraction of sp³-hybridized carbons (Fsp3) is 0.500. The first-order valence-corrected chi connectivity index (χ1v) is 7.57. The number of aldehydes is 1. The fourth-order valence-electron chi connectivity index (χ4n) is 1.80. The second kappa shape index (κ2) is 4.81. The maximum absolute atomic E-state index is 11.4. The third kappa shape index (κ3) is 2.62. The average molecular weight is 290 g/mol. The van der Waals surface area contributed by atoms with E-state index in [1.165, 1.54) is 0 Å². The summed E-state index contributed by atoms with van der Waals surface area (Å²) in [6.45, 7) is 2.30. The van der Waals surface area contributed by atoms with Gasteiger partial charge in [-0.05, 0) is 6.92 Å². The Kier molecular flexibility index (Phi) is 3.54. The van der Waals surface area contributed by atoms with Crippen LogP contribution in [0.3, 0.4) is 0 Å². The molecule has 8 heteroatoms. The highest BCUT2D eigenvalue weighted by molar-refractivity contribution is 7.91. The number of nitrogens with zero attached hydrogens (tertiary/aromatic N) is 3. The van der Waals surface area contributed by atoms with Gasteiger partial charge in [-0.15, -0.1) is 0 Å². The molecule has 0 bridgehead atoms. The summed E-state index contributed by atoms with van der Waals surface area (Å²) in [5.41, 5.74) is 0.210. The topological polar surface area (TPSA) is 80.2 Å². The molecule has 0 amide bonds. The number of hydrogen-bond acceptors (Lipinski definition) is 6. The average Bonchev–Trinajstić information content (AvgIpc) is 2.28. The smallest absolute Gasteiger partial charge is 0.156 e. The van der Waals surface area contributed by atoms with Gasteiger partial charge < -0.3 is 4.90 Å². The molecular formula is C10H12ClN3O3S. The van der Waals surface area contributed by atoms with Gasteiger partial charge in [-0.2, -0.15) is 0 Å². The van der Waals surface area contributed by atoms with Crippen LogP contribution >= 0.6 is 11.6 Å². The van der Waals surface area contributed by atoms with Crippen LogP contribution in [0.15, 0.2) is 0 Å². The third-order valence-corrected chi connectivity index (χ3v) is 4.65. The molecule has 0 unspecified atom stereocenters. The molecule has 1 aromatic rings. The summed E-state index contributed by atoms with van der Waals surface area (Å²) < 4.78 is 22.7. The molecule has 0 spiro atoms. The Labute approximate surface area is 110 Å². The predicted molar refractivity (Wildman–Crippen MR) is 68.0 cm³/mol. The molecule has 1 saturated heterocycles. The summed E-state index contributed by atoms with van der Waals surface area (Å²) in [7, 11) is -2.97. The van der Waals surface area contributed by atoms with E-state index in [0.29, 0.717) is 31.0 Å². The molecule has 98 valence electrons. The quantitative estimate of drug-likeness (QED) is 0.582. The van der Waals surface area contributed by atoms with E-state index >= 15 is 0 Å². The Bertz CT molecular complexity index is 574. The predicted octanol–water partition coefficient (Wildman–Crippen LogP) is 0.486. The highest BCUT2D eigenvalue weighted by atomic mass is 35.5. The van der Waals surface area contributed by atoms with Crippen molar-refractivity contribution < 1.29 is 13.2 Å². The van der Waals surface area contributed by atoms with Crippen LogP contribution in [0.2, 0.25) is 5.15 Å². The van der Waals surface area contributed by atoms with Gasteiger partial charge in [0, 0.05) is 13.1 Å². The van der Waals surface area contributed by atoms with Gasteiger partial charge in [0.1, 0.15) is 16.8 Å². The van der Waals surface area contributed by atoms with Crippen molar-refractivity contribution in [1.29, 1.82) is 0 Å². The molecule has 0 N–H and O–H groups in total. The van der Waals surface area contributed by atoms with E-state index in [0.717, 1.165) is 0 Å². The summed E-state index contributed by atoms with van der Waals surface area (Å²) in [5.74, 6) is 0.990. The van der Waals surface area contributed by atoms with Crippen LogP contribution in [-0.4, -0.2) is 49.3 Å². The van der Waals surface area contributed by atoms with Crippen LogP contribution in [0, 0.1) is 6.92 Å². The highest BCUT2D eigenvalue weighted by Gasteiger charge is 2.25. The van der Waals surface area contributed by atoms with E-state index < -0.39 is 9.84 Å². The van der Waals surface area contributed by atoms with Crippen LogP contribution in [0.1, 0.15) is 16.2 Å². The van der Waals surface area contributed by atoms with Gasteiger partial charge in [-0.1, -0.05) is 11.6 Å². The molecule has 0 saturated carbocycles. The largest absolute Gasteiger partial charge is 0.354 e. The van der Waals surface area contributed by atoms with Gasteiger partial charge in [0.2, 0.25) is 0 Å². The Morgan fingerprint density at radius 2 is 1.89 bits per heavy atom. The molecule has 0 radical (unpaired) electrons. The third-order valence-electron chi connectivity index (χ3n) is 2.75. The molecule has 1 aliphatic rings. The maximum Gasteiger partial charge on any atom is 0.156 e. The van der Waals surface area contributed by atoms with Crippen molar-refractivity contribution in [2.24, 2.45) is 0 Å². The number of anilines is 1. The van der Waals surface area contributed by atoms with Crippen LogP contribution < -0.4 is 4.90 Å². The SMILES string of the molecule is Cc1nc(Cl)c(C=O)c(N2CCS(=O)(=O)CC2)n1. The minimum atomic E-state index is -2.97. The first-order chi connectivity index (χ1) is 8.43. The van der Waals surface area contributed by atoms with E-state index in [4.69, 9.17) is 11.6 Å². The van der Waals surface area contributed by atoms with Gasteiger partial charge in [0.15, 0.2) is 16.1 Å². The van der Waals surface area contributed by atoms with Gasteiger partial charge in [0.25, 0.3) is 0 Å². The Balaban J connectivity index is 2.37. The van der Waals surface area contributed by atoms with Gasteiger partial charge in [0.05, 0.1) is 17.1 Å². The number of rotatable bonds is 2. The van der Waals surface area contributed by atoms with Crippen molar-refractivity contribution in [3.8, 4) is 0 Å². The minimum Gasteiger partial charge on any atom is -0.354 e. The molecule has 0 atom stereocenters. The molecule has 1 aromatic heterocycles. The van der Waals surface area contributed by atoms with E-state index in [9.17, 15) is 13.2 Å². The Morgan fingerprint density at radius 3 is 2.44 bits per heavy atom. The van der Waals surface area contributed by atoms with Gasteiger partial charge in [-0.25, -0.2) is 18.4 Å². The molecule has 1 fully saturated rings. The van der Waals surface area contributed by atoms with Crippen molar-refractivity contribution in [1.82, 2.24) is 9.97 Å². The lowest BCUT2D eigenvalue weighted by atomic mass is 10.3. The molecule has 2 heterocycles. The van der Waals surface area contributed by atoms with Crippen molar-refractivity contribution in [2.45, 2.75) is 6.92 Å². The number of carbonyl (C=O) groups is 1. The summed E-state index contributed by atoms with van der Waals surface area (Å²) in [6, 6.07) is 0. The summed E-state index contributed by atoms with van der Waals surface area (Å²) in [5, 5.41) is 0.0981. The lowest BCUT2D eigenvalue weighted by molar-refractivity contribution is 0.112. The standard InChI is InChI=1S/C10H12ClN3O3S/c1-7-12-9(11)8(6-15)10(13-7)14-2-4-18(16,17)5-3-14/h6H,2-5H2,1H3. The van der Waals surface area contributed by atoms with Crippen LogP contribution in [0.5, 0.6) is 0 Å². The second-order valence-corrected chi connectivity index (χ2v) is 6.72. The summed E-state index contributed by atoms with van der Waals surface area (Å²) in [6.07, 6.45) is 0.597. The number of carbonyl (C=O) groups excluding carboxylic acids is 1. The van der Waals surface area contributed by atoms with E-state index in [1.807, 2.05) is 0 Å². The lowest BCUT2D eigenvalue weighted by Gasteiger charge is -2.28. The highest BCUT2D eigenvalue weighted by Crippen LogP contribution is 2.24. The summed E-state index contributed by atoms with van der Waals surface area (Å²) in [4.78, 5) is 20.9. The van der Waals surface area contributed by atoms with Crippen molar-refractivity contribution in [3.63, 3.8) is 0 Å². The van der Waals surface area contributed by atoms with Crippen LogP contribution in [-0.2, 0) is 9.84 Å². The van der Waals surface area contributed by atoms with E-state index in [2.05, 4.69) is 9.97 Å². The fourth-order valence-corrected chi connectivity index (χ4v) is 3.25. The Hall–Kier alpha value is -1.21. The number of aryl methyl sites for hydroxylation is 1. The molecule has 18 heavy (non-hydrogen) atoms. The van der Waals surface area contributed by atoms with Crippen molar-refractivity contribution >= 4 is 33.5 Å². The zero-order valence-corrected chi connectivity index (χ0v) is 11.3. The summed E-state index contributed by atoms with van der Waals surface area (Å²) >= 11 is 5.88. The molecule has 0 aliphatic carbocycles. The van der Waals surface area contributed by atoms with Crippen molar-refractivity contribution in [3.05, 3.63) is 16.5 Å². The number of halogens is 1. The monoisotopic (exact) mass is 289 g/mol. The molecular weight excluding hydrogens is 278 g/mol. The first-order valence-electron chi connectivity index (χ1n) is 5.37. The Morgan fingerprint density at radius 1 is 1.28 bits per heavy atom. The molecule has 0 aromatic carbocycles. The zero-order chi connectivity index (χ0) is 13.3. The van der Waals surface area contributed by atoms with Crippen LogP contribution in [0.4, 0.5) is 5.82 Å². The van der Waals surface area contributed by atoms with Crippen LogP contribution in [0.25, 0.3) is 0 Å². The van der Waals surface area contributed by atoms with Crippen molar-refractivity contribution in [2.75, 3.05) is 29.5 Å². The number of aromatic nitrogens is 2. The minimum absolute atomic E-state index is 0.0615. The first kappa shape index (κ1) is 13.2. The number of hydrogen-bond donors (Lipinski definition) is 0. The van der Waals surface area contributed by atoms with E-state index in [-0.39, 0.29) is 22.2 Å². The zero-order valence-electron chi connectivity index (χ0n) is 9.76. The van der Waals surface area contributed by atoms with E-state index in [1.54, 1.807) is 11.8 Å². The lowest BCUT2D eigenvalue weighted by Crippen LogP contribution is -2.41. The molecule has 2 rings (SSSR count). The maximum atomic E-state index is 11.4. The molecule has 1 aliphatic heterocycles.